The summed E-state index contributed by atoms with van der Waals surface area (Å²) in [5.74, 6) is 1.47. The van der Waals surface area contributed by atoms with Crippen molar-refractivity contribution in [3.05, 3.63) is 71.9 Å². The lowest BCUT2D eigenvalue weighted by Gasteiger charge is -2.42. The molecule has 176 valence electrons. The van der Waals surface area contributed by atoms with Crippen LogP contribution in [0.25, 0.3) is 0 Å². The van der Waals surface area contributed by atoms with Gasteiger partial charge in [-0.3, -0.25) is 0 Å². The van der Waals surface area contributed by atoms with Gasteiger partial charge in [0.25, 0.3) is 10.0 Å². The highest BCUT2D eigenvalue weighted by Gasteiger charge is 2.42. The summed E-state index contributed by atoms with van der Waals surface area (Å²) in [7, 11) is -0.591. The summed E-state index contributed by atoms with van der Waals surface area (Å²) in [5, 5.41) is 4.72. The fourth-order valence-electron chi connectivity index (χ4n) is 4.37. The van der Waals surface area contributed by atoms with Crippen LogP contribution in [0.5, 0.6) is 11.5 Å². The molecule has 0 spiro atoms. The van der Waals surface area contributed by atoms with Crippen LogP contribution in [0.3, 0.4) is 0 Å². The highest BCUT2D eigenvalue weighted by molar-refractivity contribution is 7.89. The molecule has 1 fully saturated rings. The molecule has 1 aliphatic rings. The van der Waals surface area contributed by atoms with Gasteiger partial charge in [0.1, 0.15) is 11.5 Å². The lowest BCUT2D eigenvalue weighted by molar-refractivity contribution is 0.105. The van der Waals surface area contributed by atoms with Gasteiger partial charge in [0.05, 0.1) is 26.0 Å². The maximum atomic E-state index is 14.0. The van der Waals surface area contributed by atoms with Crippen LogP contribution in [0.1, 0.15) is 43.7 Å². The topological polar surface area (TPSA) is 73.7 Å². The van der Waals surface area contributed by atoms with Crippen LogP contribution in [0.2, 0.25) is 0 Å². The smallest absolute Gasteiger partial charge is 0.260 e. The minimum atomic E-state index is -3.81. The Balaban J connectivity index is 1.70. The number of ether oxygens (including phenoxy) is 2. The number of hydrogen-bond donors (Lipinski definition) is 0. The molecule has 0 saturated heterocycles. The number of nitrogens with zero attached hydrogens (tertiary/aromatic N) is 3. The van der Waals surface area contributed by atoms with E-state index in [4.69, 9.17) is 9.47 Å². The van der Waals surface area contributed by atoms with Crippen molar-refractivity contribution in [2.24, 2.45) is 0 Å². The average molecular weight is 470 g/mol. The molecule has 1 saturated carbocycles. The van der Waals surface area contributed by atoms with Crippen LogP contribution in [-0.2, 0) is 28.7 Å². The third-order valence-corrected chi connectivity index (χ3v) is 8.42. The number of aromatic nitrogens is 2. The molecule has 1 aliphatic carbocycles. The SMILES string of the molecule is CCC1(n2nccc2S(=O)(=O)N(Cc2ccc(OC)cc2)Cc2ccc(OC)cc2)CCC1. The standard InChI is InChI=1S/C25H31N3O4S/c1-4-25(15-5-16-25)28-24(14-17-26-28)33(29,30)27(18-20-6-10-22(31-2)11-7-20)19-21-8-12-23(32-3)13-9-21/h6-14,17H,4-5,15-16,18-19H2,1-3H3. The molecule has 0 amide bonds. The molecule has 0 aliphatic heterocycles. The molecule has 0 bridgehead atoms. The zero-order valence-electron chi connectivity index (χ0n) is 19.4. The van der Waals surface area contributed by atoms with Gasteiger partial charge in [-0.05, 0) is 67.1 Å². The molecule has 0 N–H and O–H groups in total. The number of methoxy groups -OCH3 is 2. The van der Waals surface area contributed by atoms with Gasteiger partial charge in [-0.25, -0.2) is 13.1 Å². The van der Waals surface area contributed by atoms with E-state index < -0.39 is 10.0 Å². The van der Waals surface area contributed by atoms with E-state index in [1.54, 1.807) is 31.2 Å². The van der Waals surface area contributed by atoms with Crippen molar-refractivity contribution in [1.29, 1.82) is 0 Å². The van der Waals surface area contributed by atoms with E-state index in [0.717, 1.165) is 48.3 Å². The fourth-order valence-corrected chi connectivity index (χ4v) is 5.96. The lowest BCUT2D eigenvalue weighted by Crippen LogP contribution is -2.43. The number of benzene rings is 2. The van der Waals surface area contributed by atoms with E-state index in [1.807, 2.05) is 48.5 Å². The Bertz CT molecular complexity index is 1110. The van der Waals surface area contributed by atoms with Crippen LogP contribution in [0.4, 0.5) is 0 Å². The Labute approximate surface area is 196 Å². The Morgan fingerprint density at radius 1 is 0.909 bits per heavy atom. The van der Waals surface area contributed by atoms with Crippen molar-refractivity contribution in [1.82, 2.24) is 14.1 Å². The number of rotatable bonds is 10. The highest BCUT2D eigenvalue weighted by Crippen LogP contribution is 2.43. The first kappa shape index (κ1) is 23.3. The first-order valence-corrected chi connectivity index (χ1v) is 12.7. The van der Waals surface area contributed by atoms with Crippen LogP contribution in [0, 0.1) is 0 Å². The maximum absolute atomic E-state index is 14.0. The molecule has 2 aromatic carbocycles. The third kappa shape index (κ3) is 4.63. The molecule has 33 heavy (non-hydrogen) atoms. The van der Waals surface area contributed by atoms with Gasteiger partial charge in [0.15, 0.2) is 5.03 Å². The van der Waals surface area contributed by atoms with Crippen molar-refractivity contribution in [3.63, 3.8) is 0 Å². The van der Waals surface area contributed by atoms with E-state index in [9.17, 15) is 8.42 Å². The van der Waals surface area contributed by atoms with Crippen molar-refractivity contribution < 1.29 is 17.9 Å². The Morgan fingerprint density at radius 3 is 1.82 bits per heavy atom. The molecule has 7 nitrogen and oxygen atoms in total. The third-order valence-electron chi connectivity index (χ3n) is 6.64. The largest absolute Gasteiger partial charge is 0.497 e. The molecule has 4 rings (SSSR count). The van der Waals surface area contributed by atoms with Gasteiger partial charge in [0.2, 0.25) is 0 Å². The van der Waals surface area contributed by atoms with E-state index >= 15 is 0 Å². The predicted octanol–water partition coefficient (Wildman–Crippen LogP) is 4.58. The average Bonchev–Trinajstić information content (AvgIpc) is 3.30. The molecule has 0 atom stereocenters. The molecule has 1 heterocycles. The summed E-state index contributed by atoms with van der Waals surface area (Å²) < 4.78 is 41.7. The zero-order valence-corrected chi connectivity index (χ0v) is 20.2. The lowest BCUT2D eigenvalue weighted by atomic mass is 9.75. The second-order valence-electron chi connectivity index (χ2n) is 8.48. The fraction of sp³-hybridized carbons (Fsp3) is 0.400. The molecule has 3 aromatic rings. The van der Waals surface area contributed by atoms with Crippen LogP contribution < -0.4 is 9.47 Å². The molecular formula is C25H31N3O4S. The van der Waals surface area contributed by atoms with Gasteiger partial charge in [0, 0.05) is 13.1 Å². The normalized spacial score (nSPS) is 15.3. The van der Waals surface area contributed by atoms with Crippen LogP contribution >= 0.6 is 0 Å². The molecule has 8 heteroatoms. The Morgan fingerprint density at radius 2 is 1.42 bits per heavy atom. The van der Waals surface area contributed by atoms with Gasteiger partial charge in [-0.1, -0.05) is 31.2 Å². The molecular weight excluding hydrogens is 438 g/mol. The summed E-state index contributed by atoms with van der Waals surface area (Å²) in [5.41, 5.74) is 1.55. The summed E-state index contributed by atoms with van der Waals surface area (Å²) in [6, 6.07) is 16.6. The minimum Gasteiger partial charge on any atom is -0.497 e. The highest BCUT2D eigenvalue weighted by atomic mass is 32.2. The molecule has 1 aromatic heterocycles. The number of sulfonamides is 1. The predicted molar refractivity (Wildman–Crippen MR) is 127 cm³/mol. The minimum absolute atomic E-state index is 0.211. The van der Waals surface area contributed by atoms with Gasteiger partial charge < -0.3 is 9.47 Å². The first-order chi connectivity index (χ1) is 15.9. The quantitative estimate of drug-likeness (QED) is 0.435. The van der Waals surface area contributed by atoms with Crippen molar-refractivity contribution >= 4 is 10.0 Å². The van der Waals surface area contributed by atoms with E-state index in [2.05, 4.69) is 12.0 Å². The van der Waals surface area contributed by atoms with Gasteiger partial charge in [-0.15, -0.1) is 0 Å². The van der Waals surface area contributed by atoms with E-state index in [0.29, 0.717) is 0 Å². The van der Waals surface area contributed by atoms with Crippen molar-refractivity contribution in [2.45, 2.75) is 56.3 Å². The van der Waals surface area contributed by atoms with Gasteiger partial charge >= 0.3 is 0 Å². The van der Waals surface area contributed by atoms with Crippen LogP contribution in [0.15, 0.2) is 65.8 Å². The number of hydrogen-bond acceptors (Lipinski definition) is 5. The van der Waals surface area contributed by atoms with Crippen molar-refractivity contribution in [2.75, 3.05) is 14.2 Å². The maximum Gasteiger partial charge on any atom is 0.260 e. The summed E-state index contributed by atoms with van der Waals surface area (Å²) in [4.78, 5) is 0. The van der Waals surface area contributed by atoms with E-state index in [-0.39, 0.29) is 23.7 Å². The zero-order chi connectivity index (χ0) is 23.5. The second-order valence-corrected chi connectivity index (χ2v) is 10.4. The molecule has 0 unspecified atom stereocenters. The molecule has 0 radical (unpaired) electrons. The van der Waals surface area contributed by atoms with E-state index in [1.165, 1.54) is 4.31 Å². The Hall–Kier alpha value is -2.84. The summed E-state index contributed by atoms with van der Waals surface area (Å²) in [6.07, 6.45) is 5.44. The van der Waals surface area contributed by atoms with Gasteiger partial charge in [-0.2, -0.15) is 9.40 Å². The second kappa shape index (κ2) is 9.57. The van der Waals surface area contributed by atoms with Crippen molar-refractivity contribution in [3.8, 4) is 11.5 Å². The summed E-state index contributed by atoms with van der Waals surface area (Å²) in [6.45, 7) is 2.58. The monoisotopic (exact) mass is 469 g/mol. The Kier molecular flexibility index (Phi) is 6.76. The first-order valence-electron chi connectivity index (χ1n) is 11.2. The summed E-state index contributed by atoms with van der Waals surface area (Å²) >= 11 is 0. The van der Waals surface area contributed by atoms with Crippen LogP contribution in [-0.4, -0.2) is 36.7 Å².